The quantitative estimate of drug-likeness (QED) is 0.644. The van der Waals surface area contributed by atoms with Crippen LogP contribution in [0.1, 0.15) is 53.4 Å². The van der Waals surface area contributed by atoms with E-state index in [2.05, 4.69) is 32.6 Å². The fourth-order valence-electron chi connectivity index (χ4n) is 2.27. The van der Waals surface area contributed by atoms with Crippen LogP contribution in [0.15, 0.2) is 0 Å². The first-order chi connectivity index (χ1) is 5.96. The van der Waals surface area contributed by atoms with E-state index in [1.165, 1.54) is 6.42 Å². The number of amides is 1. The molecular formula is C11H21NO. The second kappa shape index (κ2) is 3.69. The van der Waals surface area contributed by atoms with Gasteiger partial charge < -0.3 is 4.90 Å². The molecule has 13 heavy (non-hydrogen) atoms. The van der Waals surface area contributed by atoms with Crippen molar-refractivity contribution in [3.63, 3.8) is 0 Å². The van der Waals surface area contributed by atoms with Crippen molar-refractivity contribution >= 4 is 5.91 Å². The summed E-state index contributed by atoms with van der Waals surface area (Å²) in [6.07, 6.45) is 4.14. The molecule has 1 aliphatic rings. The first kappa shape index (κ1) is 10.6. The third-order valence-electron chi connectivity index (χ3n) is 2.67. The molecule has 0 spiro atoms. The van der Waals surface area contributed by atoms with Gasteiger partial charge in [-0.1, -0.05) is 13.3 Å². The van der Waals surface area contributed by atoms with E-state index in [1.807, 2.05) is 0 Å². The fraction of sp³-hybridized carbons (Fsp3) is 0.909. The van der Waals surface area contributed by atoms with Crippen LogP contribution in [0.25, 0.3) is 0 Å². The molecule has 0 aliphatic carbocycles. The van der Waals surface area contributed by atoms with Crippen LogP contribution < -0.4 is 0 Å². The zero-order valence-electron chi connectivity index (χ0n) is 9.26. The molecule has 0 radical (unpaired) electrons. The van der Waals surface area contributed by atoms with Crippen LogP contribution in [0.2, 0.25) is 0 Å². The van der Waals surface area contributed by atoms with Gasteiger partial charge in [-0.3, -0.25) is 4.79 Å². The lowest BCUT2D eigenvalue weighted by Crippen LogP contribution is -2.46. The van der Waals surface area contributed by atoms with Gasteiger partial charge in [-0.15, -0.1) is 0 Å². The Kier molecular flexibility index (Phi) is 2.99. The Balaban J connectivity index is 2.71. The third-order valence-corrected chi connectivity index (χ3v) is 2.67. The van der Waals surface area contributed by atoms with Gasteiger partial charge in [0.1, 0.15) is 0 Å². The highest BCUT2D eigenvalue weighted by Crippen LogP contribution is 2.29. The molecule has 1 unspecified atom stereocenters. The van der Waals surface area contributed by atoms with E-state index in [-0.39, 0.29) is 5.54 Å². The standard InChI is InChI=1S/C11H21NO/c1-5-6-9-7-8-10(13)12(9)11(2,3)4/h9H,5-8H2,1-4H3. The Labute approximate surface area is 81.3 Å². The second-order valence-corrected chi connectivity index (χ2v) is 4.92. The minimum absolute atomic E-state index is 0.00736. The van der Waals surface area contributed by atoms with Gasteiger partial charge in [0.25, 0.3) is 0 Å². The highest BCUT2D eigenvalue weighted by Gasteiger charge is 2.37. The average Bonchev–Trinajstić information content (AvgIpc) is 2.31. The monoisotopic (exact) mass is 183 g/mol. The molecular weight excluding hydrogens is 162 g/mol. The summed E-state index contributed by atoms with van der Waals surface area (Å²) in [4.78, 5) is 13.7. The Bertz CT molecular complexity index is 193. The van der Waals surface area contributed by atoms with Crippen molar-refractivity contribution in [1.82, 2.24) is 4.90 Å². The zero-order chi connectivity index (χ0) is 10.1. The molecule has 0 aromatic carbocycles. The number of hydrogen-bond acceptors (Lipinski definition) is 1. The number of carbonyl (C=O) groups is 1. The van der Waals surface area contributed by atoms with Gasteiger partial charge in [0.2, 0.25) is 5.91 Å². The molecule has 0 bridgehead atoms. The SMILES string of the molecule is CCCC1CCC(=O)N1C(C)(C)C. The molecule has 1 rings (SSSR count). The second-order valence-electron chi connectivity index (χ2n) is 4.92. The highest BCUT2D eigenvalue weighted by atomic mass is 16.2. The van der Waals surface area contributed by atoms with E-state index in [1.54, 1.807) is 0 Å². The molecule has 1 atom stereocenters. The maximum absolute atomic E-state index is 11.6. The van der Waals surface area contributed by atoms with Crippen LogP contribution in [0.4, 0.5) is 0 Å². The zero-order valence-corrected chi connectivity index (χ0v) is 9.26. The molecule has 1 aliphatic heterocycles. The van der Waals surface area contributed by atoms with Gasteiger partial charge in [-0.05, 0) is 33.6 Å². The Morgan fingerprint density at radius 1 is 1.46 bits per heavy atom. The average molecular weight is 183 g/mol. The van der Waals surface area contributed by atoms with Crippen LogP contribution in [-0.4, -0.2) is 22.4 Å². The number of rotatable bonds is 2. The summed E-state index contributed by atoms with van der Waals surface area (Å²) < 4.78 is 0. The summed E-state index contributed by atoms with van der Waals surface area (Å²) >= 11 is 0. The summed E-state index contributed by atoms with van der Waals surface area (Å²) in [6, 6.07) is 0.498. The summed E-state index contributed by atoms with van der Waals surface area (Å²) in [7, 11) is 0. The Morgan fingerprint density at radius 3 is 2.54 bits per heavy atom. The number of carbonyl (C=O) groups excluding carboxylic acids is 1. The van der Waals surface area contributed by atoms with Crippen molar-refractivity contribution in [3.8, 4) is 0 Å². The first-order valence-corrected chi connectivity index (χ1v) is 5.29. The van der Waals surface area contributed by atoms with Crippen molar-refractivity contribution in [3.05, 3.63) is 0 Å². The van der Waals surface area contributed by atoms with Crippen molar-refractivity contribution in [2.24, 2.45) is 0 Å². The smallest absolute Gasteiger partial charge is 0.223 e. The summed E-state index contributed by atoms with van der Waals surface area (Å²) in [5.74, 6) is 0.339. The van der Waals surface area contributed by atoms with E-state index in [4.69, 9.17) is 0 Å². The van der Waals surface area contributed by atoms with Gasteiger partial charge in [-0.25, -0.2) is 0 Å². The lowest BCUT2D eigenvalue weighted by atomic mass is 10.0. The van der Waals surface area contributed by atoms with E-state index < -0.39 is 0 Å². The van der Waals surface area contributed by atoms with Crippen LogP contribution in [0.5, 0.6) is 0 Å². The first-order valence-electron chi connectivity index (χ1n) is 5.29. The topological polar surface area (TPSA) is 20.3 Å². The molecule has 76 valence electrons. The van der Waals surface area contributed by atoms with Crippen LogP contribution in [0, 0.1) is 0 Å². The molecule has 0 N–H and O–H groups in total. The molecule has 1 fully saturated rings. The molecule has 2 nitrogen and oxygen atoms in total. The molecule has 0 saturated carbocycles. The predicted molar refractivity (Wildman–Crippen MR) is 54.5 cm³/mol. The van der Waals surface area contributed by atoms with E-state index >= 15 is 0 Å². The molecule has 1 heterocycles. The number of nitrogens with zero attached hydrogens (tertiary/aromatic N) is 1. The minimum atomic E-state index is 0.00736. The molecule has 2 heteroatoms. The molecule has 1 amide bonds. The van der Waals surface area contributed by atoms with Gasteiger partial charge in [-0.2, -0.15) is 0 Å². The lowest BCUT2D eigenvalue weighted by Gasteiger charge is -2.37. The summed E-state index contributed by atoms with van der Waals surface area (Å²) in [5.41, 5.74) is 0.00736. The van der Waals surface area contributed by atoms with E-state index in [9.17, 15) is 4.79 Å². The van der Waals surface area contributed by atoms with Crippen molar-refractivity contribution in [2.75, 3.05) is 0 Å². The molecule has 0 aromatic rings. The Hall–Kier alpha value is -0.530. The van der Waals surface area contributed by atoms with Gasteiger partial charge >= 0.3 is 0 Å². The molecule has 0 aromatic heterocycles. The van der Waals surface area contributed by atoms with Crippen LogP contribution >= 0.6 is 0 Å². The fourth-order valence-corrected chi connectivity index (χ4v) is 2.27. The minimum Gasteiger partial charge on any atom is -0.335 e. The van der Waals surface area contributed by atoms with Crippen molar-refractivity contribution in [2.45, 2.75) is 65.0 Å². The Morgan fingerprint density at radius 2 is 2.08 bits per heavy atom. The lowest BCUT2D eigenvalue weighted by molar-refractivity contribution is -0.133. The maximum atomic E-state index is 11.6. The van der Waals surface area contributed by atoms with Crippen molar-refractivity contribution < 1.29 is 4.79 Å². The maximum Gasteiger partial charge on any atom is 0.223 e. The number of likely N-dealkylation sites (tertiary alicyclic amines) is 1. The van der Waals surface area contributed by atoms with E-state index in [0.717, 1.165) is 19.3 Å². The largest absolute Gasteiger partial charge is 0.335 e. The highest BCUT2D eigenvalue weighted by molar-refractivity contribution is 5.79. The van der Waals surface area contributed by atoms with Crippen LogP contribution in [0.3, 0.4) is 0 Å². The third kappa shape index (κ3) is 2.23. The van der Waals surface area contributed by atoms with Gasteiger partial charge in [0.05, 0.1) is 0 Å². The van der Waals surface area contributed by atoms with Crippen LogP contribution in [-0.2, 0) is 4.79 Å². The summed E-state index contributed by atoms with van der Waals surface area (Å²) in [6.45, 7) is 8.56. The van der Waals surface area contributed by atoms with E-state index in [0.29, 0.717) is 11.9 Å². The van der Waals surface area contributed by atoms with Crippen molar-refractivity contribution in [1.29, 1.82) is 0 Å². The van der Waals surface area contributed by atoms with Gasteiger partial charge in [0, 0.05) is 18.0 Å². The predicted octanol–water partition coefficient (Wildman–Crippen LogP) is 2.58. The molecule has 1 saturated heterocycles. The van der Waals surface area contributed by atoms with Gasteiger partial charge in [0.15, 0.2) is 0 Å². The summed E-state index contributed by atoms with van der Waals surface area (Å²) in [5, 5.41) is 0. The normalized spacial score (nSPS) is 24.2. The number of hydrogen-bond donors (Lipinski definition) is 0.